The number of pyridine rings is 5. The van der Waals surface area contributed by atoms with Crippen molar-refractivity contribution < 1.29 is 42.0 Å². The molecule has 5 nitrogen and oxygen atoms in total. The number of hydrogen-bond acceptors (Lipinski definition) is 0. The van der Waals surface area contributed by atoms with E-state index in [-0.39, 0.29) is 5.56 Å². The molecule has 0 bridgehead atoms. The maximum Gasteiger partial charge on any atom is 0.212 e. The van der Waals surface area contributed by atoms with E-state index in [0.717, 1.165) is 50.5 Å². The zero-order valence-corrected chi connectivity index (χ0v) is 53.4. The lowest BCUT2D eigenvalue weighted by Crippen LogP contribution is -2.32. The first-order valence-corrected chi connectivity index (χ1v) is 29.1. The molecule has 10 aromatic rings. The Labute approximate surface area is 533 Å². The van der Waals surface area contributed by atoms with E-state index in [1.165, 1.54) is 71.1 Å². The van der Waals surface area contributed by atoms with Crippen LogP contribution in [-0.2, 0) is 41.6 Å². The number of rotatable bonds is 10. The summed E-state index contributed by atoms with van der Waals surface area (Å²) in [6.07, 6.45) is 7.87. The average molecular weight is 1150 g/mol. The van der Waals surface area contributed by atoms with Crippen LogP contribution in [0.15, 0.2) is 207 Å². The molecule has 0 radical (unpaired) electrons. The van der Waals surface area contributed by atoms with Crippen molar-refractivity contribution in [2.45, 2.75) is 128 Å². The van der Waals surface area contributed by atoms with Crippen molar-refractivity contribution in [3.63, 3.8) is 0 Å². The molecular weight excluding hydrogens is 1030 g/mol. The zero-order chi connectivity index (χ0) is 74.1. The van der Waals surface area contributed by atoms with E-state index in [0.29, 0.717) is 17.0 Å². The highest BCUT2D eigenvalue weighted by Gasteiger charge is 2.19. The van der Waals surface area contributed by atoms with Crippen LogP contribution in [0.5, 0.6) is 0 Å². The lowest BCUT2D eigenvalue weighted by molar-refractivity contribution is -0.661. The second kappa shape index (κ2) is 31.1. The molecule has 85 heavy (non-hydrogen) atoms. The summed E-state index contributed by atoms with van der Waals surface area (Å²) < 4.78 is 119. The topological polar surface area (TPSA) is 19.4 Å². The minimum absolute atomic E-state index is 0.183. The van der Waals surface area contributed by atoms with Crippen LogP contribution in [0.3, 0.4) is 0 Å². The van der Waals surface area contributed by atoms with Gasteiger partial charge >= 0.3 is 0 Å². The van der Waals surface area contributed by atoms with Crippen LogP contribution < -0.4 is 22.8 Å². The van der Waals surface area contributed by atoms with E-state index in [1.54, 1.807) is 30.3 Å². The molecule has 0 aliphatic heterocycles. The van der Waals surface area contributed by atoms with Gasteiger partial charge in [0.25, 0.3) is 0 Å². The van der Waals surface area contributed by atoms with Crippen molar-refractivity contribution in [3.05, 3.63) is 268 Å². The van der Waals surface area contributed by atoms with Gasteiger partial charge in [0.1, 0.15) is 35.2 Å². The minimum Gasteiger partial charge on any atom is -0.201 e. The van der Waals surface area contributed by atoms with Crippen LogP contribution in [0.1, 0.15) is 153 Å². The van der Waals surface area contributed by atoms with Crippen molar-refractivity contribution >= 4 is 0 Å². The lowest BCUT2D eigenvalue weighted by Gasteiger charge is -2.17. The standard InChI is InChI=1S/C18H24N.C17H22N.C16H20N.C15H18N.C14H16N/c1-13(2)15(4)16-9-10-17(14(3)12-16)18-8-6-7-11-19(18)5;1-12(2)16-11-18(5)17(10-14(16)4)15-9-7-6-8-13(15)3;1-12(2)14-8-9-15(13(3)11-14)16-7-5-6-10-17(16)4;1-4-13-8-9-14(12(2)11-13)15-7-5-6-10-16(15)3;1-11-7-8-12(2)13(10-11)14-6-4-5-9-15(14)3/h6-13,15H,1-5H3;6-12H,1-5H3;5-12H,1-4H3;5-11H,4H2,1-3H3;4-10H,1-3H3/q5*+1/i1D3,13D,15D;;1D3,12D;1D3,4D2;. The Morgan fingerprint density at radius 1 is 0.388 bits per heavy atom. The molecule has 5 heteroatoms. The van der Waals surface area contributed by atoms with Crippen molar-refractivity contribution in [2.75, 3.05) is 0 Å². The van der Waals surface area contributed by atoms with Crippen LogP contribution in [0, 0.1) is 54.4 Å². The molecule has 3 atom stereocenters. The summed E-state index contributed by atoms with van der Waals surface area (Å²) >= 11 is 0. The van der Waals surface area contributed by atoms with Crippen molar-refractivity contribution in [1.82, 2.24) is 0 Å². The number of benzene rings is 5. The number of nitrogens with zero attached hydrogens (tertiary/aromatic N) is 5. The SMILES string of the molecule is Cc1ccc(C)c(-c2cccc[n+]2C)c1.Cc1ccccc1-c1cc(C)c(C(C)C)c[n+]1C.[2H]C([2H])([2H])C([2H])(C)C([2H])(C)c1ccc(-c2cccc[n+]2C)c(C)c1.[2H]C([2H])([2H])C([2H])(C)c1ccc(-c2cccc[n+]2C)c(C)c1.[2H]C([2H])([2H])C([2H])([2H])c1ccc(-c2cccc[n+]2C)c(C)c1. The summed E-state index contributed by atoms with van der Waals surface area (Å²) in [6.45, 7) is 15.6. The van der Waals surface area contributed by atoms with Crippen molar-refractivity contribution in [3.8, 4) is 56.3 Å². The summed E-state index contributed by atoms with van der Waals surface area (Å²) in [4.78, 5) is 0. The van der Waals surface area contributed by atoms with Gasteiger partial charge in [-0.2, -0.15) is 0 Å². The van der Waals surface area contributed by atoms with E-state index in [4.69, 9.17) is 19.2 Å². The second-order valence-corrected chi connectivity index (χ2v) is 22.6. The fourth-order valence-electron chi connectivity index (χ4n) is 10.3. The van der Waals surface area contributed by atoms with Gasteiger partial charge in [-0.15, -0.1) is 0 Å². The second-order valence-electron chi connectivity index (χ2n) is 22.6. The van der Waals surface area contributed by atoms with E-state index >= 15 is 0 Å². The van der Waals surface area contributed by atoms with Crippen LogP contribution in [-0.4, -0.2) is 0 Å². The number of aromatic nitrogens is 5. The van der Waals surface area contributed by atoms with Gasteiger partial charge in [-0.3, -0.25) is 0 Å². The summed E-state index contributed by atoms with van der Waals surface area (Å²) in [5, 5.41) is 0. The Kier molecular flexibility index (Phi) is 17.6. The first kappa shape index (κ1) is 48.1. The van der Waals surface area contributed by atoms with Gasteiger partial charge < -0.3 is 0 Å². The first-order valence-electron chi connectivity index (χ1n) is 36.1. The van der Waals surface area contributed by atoms with Crippen molar-refractivity contribution in [2.24, 2.45) is 41.1 Å². The van der Waals surface area contributed by atoms with E-state index in [1.807, 2.05) is 153 Å². The molecule has 0 fully saturated rings. The highest BCUT2D eigenvalue weighted by molar-refractivity contribution is 5.65. The molecule has 0 spiro atoms. The number of hydrogen-bond donors (Lipinski definition) is 0. The van der Waals surface area contributed by atoms with Crippen LogP contribution in [0.25, 0.3) is 56.3 Å². The molecular formula is C80H100N5+5. The smallest absolute Gasteiger partial charge is 0.201 e. The Morgan fingerprint density at radius 2 is 0.835 bits per heavy atom. The molecule has 0 saturated carbocycles. The maximum absolute atomic E-state index is 8.59. The quantitative estimate of drug-likeness (QED) is 0.122. The lowest BCUT2D eigenvalue weighted by atomic mass is 9.88. The summed E-state index contributed by atoms with van der Waals surface area (Å²) in [7, 11) is 10.1. The Hall–Kier alpha value is -8.15. The minimum atomic E-state index is -2.68. The highest BCUT2D eigenvalue weighted by Crippen LogP contribution is 2.30. The van der Waals surface area contributed by atoms with Gasteiger partial charge in [0, 0.05) is 107 Å². The van der Waals surface area contributed by atoms with Crippen LogP contribution in [0.2, 0.25) is 0 Å². The monoisotopic (exact) mass is 1140 g/mol. The predicted molar refractivity (Wildman–Crippen MR) is 359 cm³/mol. The Bertz CT molecular complexity index is 4310. The molecule has 0 saturated heterocycles. The summed E-state index contributed by atoms with van der Waals surface area (Å²) in [5.41, 5.74) is 22.1. The molecule has 3 unspecified atom stereocenters. The first-order chi connectivity index (χ1) is 45.9. The maximum atomic E-state index is 8.59. The van der Waals surface area contributed by atoms with Gasteiger partial charge in [0.15, 0.2) is 31.0 Å². The van der Waals surface area contributed by atoms with E-state index in [9.17, 15) is 0 Å². The van der Waals surface area contributed by atoms with Gasteiger partial charge in [0.05, 0.1) is 0 Å². The molecule has 5 aromatic heterocycles. The van der Waals surface area contributed by atoms with Gasteiger partial charge in [-0.25, -0.2) is 22.8 Å². The third-order valence-electron chi connectivity index (χ3n) is 15.5. The fourth-order valence-corrected chi connectivity index (χ4v) is 10.3. The molecule has 10 rings (SSSR count). The average Bonchev–Trinajstić information content (AvgIpc) is 0.762. The predicted octanol–water partition coefficient (Wildman–Crippen LogP) is 17.6. The van der Waals surface area contributed by atoms with Gasteiger partial charge in [-0.05, 0) is 183 Å². The molecule has 0 amide bonds. The largest absolute Gasteiger partial charge is 0.212 e. The van der Waals surface area contributed by atoms with Gasteiger partial charge in [-0.1, -0.05) is 127 Å². The van der Waals surface area contributed by atoms with Crippen LogP contribution >= 0.6 is 0 Å². The molecule has 0 N–H and O–H groups in total. The van der Waals surface area contributed by atoms with Crippen LogP contribution in [0.4, 0.5) is 0 Å². The highest BCUT2D eigenvalue weighted by atomic mass is 14.9. The third-order valence-corrected chi connectivity index (χ3v) is 15.5. The molecule has 5 aromatic carbocycles. The third kappa shape index (κ3) is 17.7. The summed E-state index contributed by atoms with van der Waals surface area (Å²) in [5.74, 6) is -4.50. The molecule has 0 aliphatic rings. The fraction of sp³-hybridized carbons (Fsp3) is 0.312. The van der Waals surface area contributed by atoms with Gasteiger partial charge in [0.2, 0.25) is 28.5 Å². The number of aryl methyl sites for hydroxylation is 13. The van der Waals surface area contributed by atoms with Crippen molar-refractivity contribution in [1.29, 1.82) is 0 Å². The summed E-state index contributed by atoms with van der Waals surface area (Å²) in [6, 6.07) is 57.4. The molecule has 440 valence electrons. The molecule has 5 heterocycles. The Morgan fingerprint density at radius 3 is 1.29 bits per heavy atom. The Balaban J connectivity index is 0.000000196. The molecule has 0 aliphatic carbocycles. The zero-order valence-electron chi connectivity index (χ0n) is 67.4. The van der Waals surface area contributed by atoms with E-state index in [2.05, 4.69) is 144 Å². The normalized spacial score (nSPS) is 15.9. The van der Waals surface area contributed by atoms with E-state index < -0.39 is 44.6 Å².